The zero-order valence-electron chi connectivity index (χ0n) is 24.1. The van der Waals surface area contributed by atoms with Crippen LogP contribution in [-0.2, 0) is 11.8 Å². The van der Waals surface area contributed by atoms with Gasteiger partial charge in [0, 0.05) is 58.6 Å². The number of hydrogen-bond acceptors (Lipinski definition) is 8. The molecule has 0 bridgehead atoms. The van der Waals surface area contributed by atoms with E-state index in [0.717, 1.165) is 12.8 Å². The summed E-state index contributed by atoms with van der Waals surface area (Å²) in [5.41, 5.74) is 1.75. The molecule has 0 aromatic carbocycles. The third-order valence-electron chi connectivity index (χ3n) is 5.76. The second-order valence-electron chi connectivity index (χ2n) is 8.13. The molecular formula is C23H26N8O2. The van der Waals surface area contributed by atoms with Gasteiger partial charge in [0.1, 0.15) is 17.2 Å². The van der Waals surface area contributed by atoms with E-state index >= 15 is 0 Å². The van der Waals surface area contributed by atoms with Crippen LogP contribution in [0.15, 0.2) is 24.5 Å². The normalized spacial score (nSPS) is 20.2. The van der Waals surface area contributed by atoms with E-state index in [-0.39, 0.29) is 40.4 Å². The third-order valence-corrected chi connectivity index (χ3v) is 5.76. The molecule has 3 aromatic heterocycles. The first-order valence-corrected chi connectivity index (χ1v) is 10.5. The second-order valence-corrected chi connectivity index (χ2v) is 8.13. The number of pyridine rings is 2. The highest BCUT2D eigenvalue weighted by Gasteiger charge is 2.33. The molecule has 2 aliphatic rings. The zero-order valence-corrected chi connectivity index (χ0v) is 18.1. The SMILES string of the molecule is [2H]C([2H])([2H])CC(=O)c1cnc(NC(=O)C2CC2)cc1Nc1nccc2c1N(C([2H])([2H])[2H])[C@H](C)c1nn(C)nc1-2. The smallest absolute Gasteiger partial charge is 0.228 e. The Morgan fingerprint density at radius 1 is 1.27 bits per heavy atom. The molecule has 0 radical (unpaired) electrons. The first-order valence-electron chi connectivity index (χ1n) is 13.5. The predicted molar refractivity (Wildman–Crippen MR) is 125 cm³/mol. The van der Waals surface area contributed by atoms with Crippen molar-refractivity contribution in [3.63, 3.8) is 0 Å². The van der Waals surface area contributed by atoms with Gasteiger partial charge in [0.05, 0.1) is 23.0 Å². The minimum Gasteiger partial charge on any atom is -0.363 e. The van der Waals surface area contributed by atoms with Crippen LogP contribution in [0.1, 0.15) is 63.4 Å². The number of carbonyl (C=O) groups is 2. The minimum absolute atomic E-state index is 0.0422. The van der Waals surface area contributed by atoms with Crippen LogP contribution in [0.3, 0.4) is 0 Å². The van der Waals surface area contributed by atoms with E-state index in [1.165, 1.54) is 28.2 Å². The first kappa shape index (κ1) is 15.1. The summed E-state index contributed by atoms with van der Waals surface area (Å²) >= 11 is 0. The number of fused-ring (bicyclic) bond motifs is 3. The van der Waals surface area contributed by atoms with Gasteiger partial charge < -0.3 is 15.5 Å². The number of Topliss-reactive ketones (excluding diaryl/α,β-unsaturated/α-hetero) is 1. The minimum atomic E-state index is -2.59. The Kier molecular flexibility index (Phi) is 3.64. The van der Waals surface area contributed by atoms with Gasteiger partial charge in [0.2, 0.25) is 5.91 Å². The number of nitrogens with one attached hydrogen (secondary N) is 2. The Morgan fingerprint density at radius 3 is 2.88 bits per heavy atom. The Labute approximate surface area is 199 Å². The molecular weight excluding hydrogens is 420 g/mol. The highest BCUT2D eigenvalue weighted by Crippen LogP contribution is 2.45. The van der Waals surface area contributed by atoms with Gasteiger partial charge in [-0.25, -0.2) is 9.97 Å². The molecule has 10 nitrogen and oxygen atoms in total. The Morgan fingerprint density at radius 2 is 2.12 bits per heavy atom. The van der Waals surface area contributed by atoms with Crippen molar-refractivity contribution >= 4 is 34.7 Å². The number of ketones is 1. The number of nitrogens with zero attached hydrogens (tertiary/aromatic N) is 6. The molecule has 0 saturated heterocycles. The zero-order chi connectivity index (χ0) is 28.3. The molecule has 0 unspecified atom stereocenters. The van der Waals surface area contributed by atoms with E-state index in [1.807, 2.05) is 0 Å². The van der Waals surface area contributed by atoms with Crippen molar-refractivity contribution in [2.75, 3.05) is 22.5 Å². The molecule has 2 N–H and O–H groups in total. The number of aromatic nitrogens is 5. The number of anilines is 4. The lowest BCUT2D eigenvalue weighted by Crippen LogP contribution is -2.27. The average Bonchev–Trinajstić information content (AvgIpc) is 3.59. The summed E-state index contributed by atoms with van der Waals surface area (Å²) in [4.78, 5) is 36.4. The highest BCUT2D eigenvalue weighted by molar-refractivity contribution is 6.03. The summed E-state index contributed by atoms with van der Waals surface area (Å²) in [5.74, 6) is -0.754. The van der Waals surface area contributed by atoms with Crippen LogP contribution in [0.25, 0.3) is 11.3 Å². The van der Waals surface area contributed by atoms with Crippen LogP contribution in [0.2, 0.25) is 0 Å². The summed E-state index contributed by atoms with van der Waals surface area (Å²) in [6.45, 7) is -3.42. The summed E-state index contributed by atoms with van der Waals surface area (Å²) in [7, 11) is 1.64. The maximum absolute atomic E-state index is 13.0. The summed E-state index contributed by atoms with van der Waals surface area (Å²) in [5, 5.41) is 14.5. The van der Waals surface area contributed by atoms with E-state index in [9.17, 15) is 9.59 Å². The van der Waals surface area contributed by atoms with Crippen LogP contribution in [0.5, 0.6) is 0 Å². The van der Waals surface area contributed by atoms with Gasteiger partial charge in [0.25, 0.3) is 0 Å². The molecule has 1 fully saturated rings. The molecule has 1 aliphatic carbocycles. The van der Waals surface area contributed by atoms with Crippen molar-refractivity contribution in [2.45, 2.75) is 39.1 Å². The van der Waals surface area contributed by atoms with Gasteiger partial charge in [-0.05, 0) is 25.8 Å². The monoisotopic (exact) mass is 452 g/mol. The van der Waals surface area contributed by atoms with E-state index in [2.05, 4.69) is 30.8 Å². The molecule has 1 atom stereocenters. The van der Waals surface area contributed by atoms with Gasteiger partial charge in [-0.2, -0.15) is 15.0 Å². The van der Waals surface area contributed by atoms with Gasteiger partial charge in [0.15, 0.2) is 11.6 Å². The average molecular weight is 453 g/mol. The standard InChI is InChI=1S/C23H26N8O2/c1-5-17(32)15-11-25-18(27-23(33)13-6-7-13)10-16(15)26-22-21-14(8-9-24-22)20-19(12(2)30(21)3)28-31(4)29-20/h8-13H,5-7H2,1-4H3,(H2,24,25,26,27,33)/t12-/m1/s1/i1D3,3D3. The lowest BCUT2D eigenvalue weighted by atomic mass is 9.98. The molecule has 170 valence electrons. The quantitative estimate of drug-likeness (QED) is 0.546. The summed E-state index contributed by atoms with van der Waals surface area (Å²) in [6, 6.07) is 2.35. The number of carbonyl (C=O) groups excluding carboxylic acids is 2. The van der Waals surface area contributed by atoms with Gasteiger partial charge in [-0.3, -0.25) is 9.59 Å². The van der Waals surface area contributed by atoms with Crippen LogP contribution in [0.4, 0.5) is 23.0 Å². The molecule has 1 saturated carbocycles. The molecule has 0 spiro atoms. The third kappa shape index (κ3) is 3.71. The van der Waals surface area contributed by atoms with Crippen molar-refractivity contribution in [3.8, 4) is 11.3 Å². The maximum atomic E-state index is 13.0. The summed E-state index contributed by atoms with van der Waals surface area (Å²) in [6.07, 6.45) is 3.48. The molecule has 1 amide bonds. The van der Waals surface area contributed by atoms with Crippen molar-refractivity contribution in [2.24, 2.45) is 13.0 Å². The summed E-state index contributed by atoms with van der Waals surface area (Å²) < 4.78 is 47.3. The van der Waals surface area contributed by atoms with Gasteiger partial charge in [-0.15, -0.1) is 0 Å². The molecule has 10 heteroatoms. The van der Waals surface area contributed by atoms with Gasteiger partial charge >= 0.3 is 0 Å². The molecule has 5 rings (SSSR count). The number of aryl methyl sites for hydroxylation is 1. The fourth-order valence-corrected chi connectivity index (χ4v) is 3.84. The molecule has 33 heavy (non-hydrogen) atoms. The maximum Gasteiger partial charge on any atom is 0.228 e. The van der Waals surface area contributed by atoms with E-state index < -0.39 is 32.1 Å². The first-order chi connectivity index (χ1) is 18.2. The molecule has 3 aromatic rings. The largest absolute Gasteiger partial charge is 0.363 e. The Balaban J connectivity index is 1.62. The molecule has 1 aliphatic heterocycles. The van der Waals surface area contributed by atoms with Crippen LogP contribution in [0, 0.1) is 5.92 Å². The van der Waals surface area contributed by atoms with Crippen LogP contribution < -0.4 is 15.5 Å². The van der Waals surface area contributed by atoms with Crippen molar-refractivity contribution < 1.29 is 17.8 Å². The lowest BCUT2D eigenvalue weighted by Gasteiger charge is -2.33. The second kappa shape index (κ2) is 7.95. The van der Waals surface area contributed by atoms with E-state index in [1.54, 1.807) is 20.0 Å². The van der Waals surface area contributed by atoms with E-state index in [0.29, 0.717) is 17.0 Å². The fraction of sp³-hybridized carbons (Fsp3) is 0.391. The van der Waals surface area contributed by atoms with Crippen molar-refractivity contribution in [1.82, 2.24) is 25.0 Å². The fourth-order valence-electron chi connectivity index (χ4n) is 3.84. The van der Waals surface area contributed by atoms with Crippen molar-refractivity contribution in [1.29, 1.82) is 0 Å². The number of amides is 1. The highest BCUT2D eigenvalue weighted by atomic mass is 16.2. The predicted octanol–water partition coefficient (Wildman–Crippen LogP) is 3.47. The lowest BCUT2D eigenvalue weighted by molar-refractivity contribution is -0.117. The number of hydrogen-bond donors (Lipinski definition) is 2. The Hall–Kier alpha value is -3.82. The van der Waals surface area contributed by atoms with Crippen LogP contribution >= 0.6 is 0 Å². The van der Waals surface area contributed by atoms with E-state index in [4.69, 9.17) is 8.22 Å². The van der Waals surface area contributed by atoms with Crippen LogP contribution in [-0.4, -0.2) is 43.6 Å². The topological polar surface area (TPSA) is 118 Å². The number of rotatable bonds is 6. The Bertz CT molecular complexity index is 1460. The van der Waals surface area contributed by atoms with Crippen molar-refractivity contribution in [3.05, 3.63) is 35.8 Å². The van der Waals surface area contributed by atoms with Gasteiger partial charge in [-0.1, -0.05) is 6.85 Å². The molecule has 4 heterocycles.